The van der Waals surface area contributed by atoms with Gasteiger partial charge < -0.3 is 14.6 Å². The molecule has 8 nitrogen and oxygen atoms in total. The minimum atomic E-state index is -0.767. The molecular formula is C21H24N4O4. The highest BCUT2D eigenvalue weighted by Gasteiger charge is 2.52. The molecule has 1 saturated carbocycles. The van der Waals surface area contributed by atoms with E-state index in [0.29, 0.717) is 25.9 Å². The molecule has 1 N–H and O–H groups in total. The third kappa shape index (κ3) is 3.07. The average molecular weight is 396 g/mol. The van der Waals surface area contributed by atoms with E-state index in [-0.39, 0.29) is 24.3 Å². The van der Waals surface area contributed by atoms with Gasteiger partial charge >= 0.3 is 6.03 Å². The van der Waals surface area contributed by atoms with E-state index >= 15 is 0 Å². The van der Waals surface area contributed by atoms with Crippen molar-refractivity contribution in [2.24, 2.45) is 0 Å². The molecule has 29 heavy (non-hydrogen) atoms. The van der Waals surface area contributed by atoms with Crippen molar-refractivity contribution in [3.63, 3.8) is 0 Å². The summed E-state index contributed by atoms with van der Waals surface area (Å²) in [5.74, 6) is 0.467. The van der Waals surface area contributed by atoms with Gasteiger partial charge in [0, 0.05) is 19.0 Å². The van der Waals surface area contributed by atoms with E-state index in [1.807, 2.05) is 24.3 Å². The zero-order valence-electron chi connectivity index (χ0n) is 16.2. The number of amides is 4. The Morgan fingerprint density at radius 2 is 1.90 bits per heavy atom. The minimum Gasteiger partial charge on any atom is -0.440 e. The second-order valence-electron chi connectivity index (χ2n) is 8.29. The van der Waals surface area contributed by atoms with E-state index in [4.69, 9.17) is 4.42 Å². The third-order valence-electron chi connectivity index (χ3n) is 6.50. The van der Waals surface area contributed by atoms with Gasteiger partial charge in [-0.15, -0.1) is 0 Å². The highest BCUT2D eigenvalue weighted by Crippen LogP contribution is 2.35. The molecule has 1 aliphatic carbocycles. The molecule has 0 radical (unpaired) electrons. The number of hydrogen-bond donors (Lipinski definition) is 1. The quantitative estimate of drug-likeness (QED) is 0.804. The Morgan fingerprint density at radius 1 is 1.17 bits per heavy atom. The smallest absolute Gasteiger partial charge is 0.325 e. The number of para-hydroxylation sites is 2. The number of fused-ring (bicyclic) bond motifs is 1. The van der Waals surface area contributed by atoms with Crippen LogP contribution < -0.4 is 5.32 Å². The van der Waals surface area contributed by atoms with Crippen molar-refractivity contribution in [1.29, 1.82) is 0 Å². The Balaban J connectivity index is 1.20. The predicted molar refractivity (Wildman–Crippen MR) is 104 cm³/mol. The summed E-state index contributed by atoms with van der Waals surface area (Å²) in [5.41, 5.74) is 0.859. The standard InChI is InChI=1S/C21H24N4O4/c26-17(13-25-19(27)21(23-20(25)28)9-3-4-10-21)24-11-7-14(8-12-24)18-22-15-5-1-2-6-16(15)29-18/h1-2,5-6,14H,3-4,7-13H2,(H,23,28). The number of piperidine rings is 1. The van der Waals surface area contributed by atoms with Crippen LogP contribution >= 0.6 is 0 Å². The number of imide groups is 1. The Morgan fingerprint density at radius 3 is 2.62 bits per heavy atom. The number of carbonyl (C=O) groups excluding carboxylic acids is 3. The Labute approximate surface area is 168 Å². The summed E-state index contributed by atoms with van der Waals surface area (Å²) in [7, 11) is 0. The molecule has 152 valence electrons. The van der Waals surface area contributed by atoms with Gasteiger partial charge in [-0.1, -0.05) is 25.0 Å². The molecule has 2 aromatic rings. The number of oxazole rings is 1. The lowest BCUT2D eigenvalue weighted by atomic mass is 9.96. The normalized spacial score (nSPS) is 22.1. The molecule has 4 amide bonds. The molecule has 1 aromatic carbocycles. The summed E-state index contributed by atoms with van der Waals surface area (Å²) in [4.78, 5) is 45.2. The molecule has 0 unspecified atom stereocenters. The van der Waals surface area contributed by atoms with Crippen molar-refractivity contribution in [1.82, 2.24) is 20.1 Å². The van der Waals surface area contributed by atoms with Gasteiger partial charge in [0.05, 0.1) is 0 Å². The number of aromatic nitrogens is 1. The summed E-state index contributed by atoms with van der Waals surface area (Å²) < 4.78 is 5.87. The van der Waals surface area contributed by atoms with Crippen LogP contribution in [0.2, 0.25) is 0 Å². The van der Waals surface area contributed by atoms with Crippen molar-refractivity contribution in [3.05, 3.63) is 30.2 Å². The molecule has 8 heteroatoms. The van der Waals surface area contributed by atoms with Crippen LogP contribution in [0.5, 0.6) is 0 Å². The second-order valence-corrected chi connectivity index (χ2v) is 8.29. The van der Waals surface area contributed by atoms with Crippen LogP contribution in [0, 0.1) is 0 Å². The van der Waals surface area contributed by atoms with Gasteiger partial charge in [0.1, 0.15) is 17.6 Å². The van der Waals surface area contributed by atoms with Gasteiger partial charge in [-0.05, 0) is 37.8 Å². The van der Waals surface area contributed by atoms with E-state index < -0.39 is 11.6 Å². The SMILES string of the molecule is O=C(CN1C(=O)NC2(CCCC2)C1=O)N1CCC(c2nc3ccccc3o2)CC1. The van der Waals surface area contributed by atoms with Crippen molar-refractivity contribution < 1.29 is 18.8 Å². The molecular weight excluding hydrogens is 372 g/mol. The van der Waals surface area contributed by atoms with Crippen molar-refractivity contribution in [2.75, 3.05) is 19.6 Å². The van der Waals surface area contributed by atoms with Crippen molar-refractivity contribution in [2.45, 2.75) is 50.0 Å². The Kier molecular flexibility index (Phi) is 4.29. The van der Waals surface area contributed by atoms with Crippen LogP contribution in [0.1, 0.15) is 50.3 Å². The first kappa shape index (κ1) is 18.1. The van der Waals surface area contributed by atoms with Crippen LogP contribution in [0.25, 0.3) is 11.1 Å². The highest BCUT2D eigenvalue weighted by atomic mass is 16.3. The van der Waals surface area contributed by atoms with Crippen LogP contribution in [0.3, 0.4) is 0 Å². The fourth-order valence-corrected chi connectivity index (χ4v) is 4.81. The molecule has 1 aromatic heterocycles. The van der Waals surface area contributed by atoms with Crippen molar-refractivity contribution in [3.8, 4) is 0 Å². The number of urea groups is 1. The zero-order valence-corrected chi connectivity index (χ0v) is 16.2. The largest absolute Gasteiger partial charge is 0.440 e. The second kappa shape index (κ2) is 6.86. The topological polar surface area (TPSA) is 95.8 Å². The summed E-state index contributed by atoms with van der Waals surface area (Å²) in [5, 5.41) is 2.82. The van der Waals surface area contributed by atoms with E-state index in [1.165, 1.54) is 0 Å². The Hall–Kier alpha value is -2.90. The van der Waals surface area contributed by atoms with E-state index in [1.54, 1.807) is 4.90 Å². The number of carbonyl (C=O) groups is 3. The average Bonchev–Trinajstić information content (AvgIpc) is 3.43. The van der Waals surface area contributed by atoms with Gasteiger partial charge in [-0.2, -0.15) is 0 Å². The number of hydrogen-bond acceptors (Lipinski definition) is 5. The maximum Gasteiger partial charge on any atom is 0.325 e. The van der Waals surface area contributed by atoms with Gasteiger partial charge in [0.2, 0.25) is 5.91 Å². The summed E-state index contributed by atoms with van der Waals surface area (Å²) in [6.07, 6.45) is 4.69. The molecule has 0 bridgehead atoms. The van der Waals surface area contributed by atoms with Gasteiger partial charge in [-0.3, -0.25) is 14.5 Å². The van der Waals surface area contributed by atoms with Gasteiger partial charge in [0.25, 0.3) is 5.91 Å². The lowest BCUT2D eigenvalue weighted by Crippen LogP contribution is -2.47. The first-order valence-electron chi connectivity index (χ1n) is 10.3. The number of likely N-dealkylation sites (tertiary alicyclic amines) is 1. The number of rotatable bonds is 3. The van der Waals surface area contributed by atoms with Crippen LogP contribution in [0.15, 0.2) is 28.7 Å². The molecule has 3 aliphatic rings. The maximum atomic E-state index is 12.7. The number of nitrogens with one attached hydrogen (secondary N) is 1. The van der Waals surface area contributed by atoms with E-state index in [2.05, 4.69) is 10.3 Å². The summed E-state index contributed by atoms with van der Waals surface area (Å²) in [6, 6.07) is 7.24. The van der Waals surface area contributed by atoms with Crippen LogP contribution in [-0.2, 0) is 9.59 Å². The zero-order chi connectivity index (χ0) is 20.0. The van der Waals surface area contributed by atoms with Gasteiger partial charge in [-0.25, -0.2) is 9.78 Å². The number of benzene rings is 1. The molecule has 5 rings (SSSR count). The monoisotopic (exact) mass is 396 g/mol. The molecule has 2 aliphatic heterocycles. The molecule has 3 heterocycles. The van der Waals surface area contributed by atoms with Crippen molar-refractivity contribution >= 4 is 28.9 Å². The van der Waals surface area contributed by atoms with Crippen LogP contribution in [-0.4, -0.2) is 57.8 Å². The number of nitrogens with zero attached hydrogens (tertiary/aromatic N) is 3. The first-order valence-corrected chi connectivity index (χ1v) is 10.3. The fourth-order valence-electron chi connectivity index (χ4n) is 4.81. The molecule has 3 fully saturated rings. The highest BCUT2D eigenvalue weighted by molar-refractivity contribution is 6.09. The summed E-state index contributed by atoms with van der Waals surface area (Å²) in [6.45, 7) is 0.952. The molecule has 0 atom stereocenters. The third-order valence-corrected chi connectivity index (χ3v) is 6.50. The summed E-state index contributed by atoms with van der Waals surface area (Å²) >= 11 is 0. The van der Waals surface area contributed by atoms with Crippen LogP contribution in [0.4, 0.5) is 4.79 Å². The predicted octanol–water partition coefficient (Wildman–Crippen LogP) is 2.40. The lowest BCUT2D eigenvalue weighted by molar-refractivity contribution is -0.139. The van der Waals surface area contributed by atoms with Gasteiger partial charge in [0.15, 0.2) is 11.5 Å². The Bertz CT molecular complexity index is 937. The minimum absolute atomic E-state index is 0.171. The lowest BCUT2D eigenvalue weighted by Gasteiger charge is -2.31. The molecule has 2 saturated heterocycles. The fraction of sp³-hybridized carbons (Fsp3) is 0.524. The maximum absolute atomic E-state index is 12.7. The molecule has 1 spiro atoms. The first-order chi connectivity index (χ1) is 14.1. The van der Waals surface area contributed by atoms with E-state index in [9.17, 15) is 14.4 Å². The van der Waals surface area contributed by atoms with E-state index in [0.717, 1.165) is 47.6 Å².